The van der Waals surface area contributed by atoms with Crippen molar-refractivity contribution in [3.8, 4) is 5.75 Å². The first-order valence-electron chi connectivity index (χ1n) is 6.41. The molecule has 1 aromatic carbocycles. The van der Waals surface area contributed by atoms with Crippen LogP contribution >= 0.6 is 11.6 Å². The summed E-state index contributed by atoms with van der Waals surface area (Å²) in [6.07, 6.45) is -0.774. The van der Waals surface area contributed by atoms with Gasteiger partial charge in [-0.3, -0.25) is 4.79 Å². The highest BCUT2D eigenvalue weighted by molar-refractivity contribution is 6.27. The highest BCUT2D eigenvalue weighted by atomic mass is 35.5. The van der Waals surface area contributed by atoms with Gasteiger partial charge in [0, 0.05) is 31.5 Å². The van der Waals surface area contributed by atoms with Crippen LogP contribution in [0.25, 0.3) is 0 Å². The number of hydrogen-bond acceptors (Lipinski definition) is 2. The number of nitrogens with zero attached hydrogens (tertiary/aromatic N) is 1. The summed E-state index contributed by atoms with van der Waals surface area (Å²) in [4.78, 5) is 13.1. The lowest BCUT2D eigenvalue weighted by molar-refractivity contribution is -0.152. The summed E-state index contributed by atoms with van der Waals surface area (Å²) < 4.78 is 44.4. The van der Waals surface area contributed by atoms with E-state index in [-0.39, 0.29) is 25.3 Å². The number of rotatable bonds is 5. The molecule has 1 amide bonds. The molecule has 7 heteroatoms. The van der Waals surface area contributed by atoms with Crippen molar-refractivity contribution < 1.29 is 22.7 Å². The molecule has 1 fully saturated rings. The molecule has 0 saturated heterocycles. The fraction of sp³-hybridized carbons (Fsp3) is 0.500. The van der Waals surface area contributed by atoms with Crippen molar-refractivity contribution >= 4 is 17.5 Å². The monoisotopic (exact) mass is 321 g/mol. The van der Waals surface area contributed by atoms with Gasteiger partial charge < -0.3 is 9.64 Å². The second-order valence-corrected chi connectivity index (χ2v) is 5.34. The summed E-state index contributed by atoms with van der Waals surface area (Å²) in [6.45, 7) is 0.0282. The van der Waals surface area contributed by atoms with Crippen LogP contribution in [-0.2, 0) is 11.3 Å². The normalized spacial score (nSPS) is 17.2. The molecule has 0 unspecified atom stereocenters. The molecule has 0 spiro atoms. The predicted molar refractivity (Wildman–Crippen MR) is 72.2 cm³/mol. The van der Waals surface area contributed by atoms with Crippen molar-refractivity contribution in [3.05, 3.63) is 29.6 Å². The molecule has 0 atom stereocenters. The summed E-state index contributed by atoms with van der Waals surface area (Å²) in [5, 5.41) is 0. The third kappa shape index (κ3) is 3.81. The molecule has 3 nitrogen and oxygen atoms in total. The van der Waals surface area contributed by atoms with Crippen LogP contribution in [0.4, 0.5) is 13.2 Å². The zero-order chi connectivity index (χ0) is 15.6. The van der Waals surface area contributed by atoms with Gasteiger partial charge in [0.25, 0.3) is 5.92 Å². The Bertz CT molecular complexity index is 531. The zero-order valence-corrected chi connectivity index (χ0v) is 12.2. The average Bonchev–Trinajstić information content (AvgIpc) is 2.40. The number of alkyl halides is 3. The van der Waals surface area contributed by atoms with Crippen molar-refractivity contribution in [1.82, 2.24) is 4.90 Å². The van der Waals surface area contributed by atoms with E-state index in [2.05, 4.69) is 0 Å². The molecule has 0 aromatic heterocycles. The van der Waals surface area contributed by atoms with Crippen LogP contribution in [0.15, 0.2) is 18.2 Å². The zero-order valence-electron chi connectivity index (χ0n) is 11.4. The highest BCUT2D eigenvalue weighted by Gasteiger charge is 2.48. The number of halogens is 4. The molecule has 1 aromatic rings. The molecule has 0 radical (unpaired) electrons. The van der Waals surface area contributed by atoms with Crippen molar-refractivity contribution in [2.24, 2.45) is 0 Å². The molecule has 2 rings (SSSR count). The number of carbonyl (C=O) groups excluding carboxylic acids is 1. The smallest absolute Gasteiger partial charge is 0.252 e. The van der Waals surface area contributed by atoms with E-state index in [1.165, 1.54) is 24.1 Å². The minimum atomic E-state index is -2.74. The van der Waals surface area contributed by atoms with Crippen molar-refractivity contribution in [1.29, 1.82) is 0 Å². The summed E-state index contributed by atoms with van der Waals surface area (Å²) >= 11 is 5.52. The predicted octanol–water partition coefficient (Wildman–Crippen LogP) is 3.20. The Labute approximate surface area is 125 Å². The van der Waals surface area contributed by atoms with E-state index >= 15 is 0 Å². The third-order valence-electron chi connectivity index (χ3n) is 3.46. The van der Waals surface area contributed by atoms with E-state index in [0.717, 1.165) is 0 Å². The molecule has 0 heterocycles. The van der Waals surface area contributed by atoms with E-state index in [9.17, 15) is 18.0 Å². The van der Waals surface area contributed by atoms with Gasteiger partial charge in [0.05, 0.1) is 7.11 Å². The van der Waals surface area contributed by atoms with Crippen LogP contribution in [0, 0.1) is 5.82 Å². The molecule has 1 saturated carbocycles. The average molecular weight is 322 g/mol. The van der Waals surface area contributed by atoms with Crippen LogP contribution in [0.1, 0.15) is 18.4 Å². The van der Waals surface area contributed by atoms with Crippen LogP contribution in [-0.4, -0.2) is 35.8 Å². The molecule has 21 heavy (non-hydrogen) atoms. The fourth-order valence-corrected chi connectivity index (χ4v) is 2.53. The second-order valence-electron chi connectivity index (χ2n) is 5.07. The van der Waals surface area contributed by atoms with Crippen molar-refractivity contribution in [2.45, 2.75) is 31.4 Å². The first-order chi connectivity index (χ1) is 9.84. The van der Waals surface area contributed by atoms with Crippen molar-refractivity contribution in [2.75, 3.05) is 13.0 Å². The highest BCUT2D eigenvalue weighted by Crippen LogP contribution is 2.41. The standard InChI is InChI=1S/C14H15ClF3NO2/c1-21-12-3-9(2-10(16)4-12)8-19(13(20)7-15)11-5-14(17,18)6-11/h2-4,11H,5-8H2,1H3. The molecular weight excluding hydrogens is 307 g/mol. The second kappa shape index (κ2) is 6.13. The van der Waals surface area contributed by atoms with Crippen LogP contribution in [0.2, 0.25) is 0 Å². The first kappa shape index (κ1) is 15.9. The minimum Gasteiger partial charge on any atom is -0.497 e. The number of amides is 1. The maximum atomic E-state index is 13.4. The Balaban J connectivity index is 2.15. The minimum absolute atomic E-state index is 0.0282. The van der Waals surface area contributed by atoms with E-state index < -0.39 is 23.7 Å². The number of carbonyl (C=O) groups is 1. The fourth-order valence-electron chi connectivity index (χ4n) is 2.37. The van der Waals surface area contributed by atoms with Gasteiger partial charge in [0.1, 0.15) is 17.4 Å². The Morgan fingerprint density at radius 1 is 1.43 bits per heavy atom. The summed E-state index contributed by atoms with van der Waals surface area (Å²) in [7, 11) is 1.40. The van der Waals surface area contributed by atoms with Crippen LogP contribution < -0.4 is 4.74 Å². The molecule has 116 valence electrons. The Kier molecular flexibility index (Phi) is 4.66. The van der Waals surface area contributed by atoms with Gasteiger partial charge in [0.15, 0.2) is 0 Å². The molecule has 1 aliphatic carbocycles. The van der Waals surface area contributed by atoms with E-state index in [1.54, 1.807) is 6.07 Å². The maximum absolute atomic E-state index is 13.4. The van der Waals surface area contributed by atoms with Gasteiger partial charge >= 0.3 is 0 Å². The van der Waals surface area contributed by atoms with Gasteiger partial charge in [-0.25, -0.2) is 13.2 Å². The largest absolute Gasteiger partial charge is 0.497 e. The number of methoxy groups -OCH3 is 1. The summed E-state index contributed by atoms with van der Waals surface area (Å²) in [5.74, 6) is -3.69. The summed E-state index contributed by atoms with van der Waals surface area (Å²) in [5.41, 5.74) is 0.473. The number of benzene rings is 1. The quantitative estimate of drug-likeness (QED) is 0.779. The number of ether oxygens (including phenoxy) is 1. The first-order valence-corrected chi connectivity index (χ1v) is 6.95. The lowest BCUT2D eigenvalue weighted by atomic mass is 9.86. The molecule has 0 aliphatic heterocycles. The molecule has 0 bridgehead atoms. The Morgan fingerprint density at radius 2 is 2.10 bits per heavy atom. The SMILES string of the molecule is COc1cc(F)cc(CN(C(=O)CCl)C2CC(F)(F)C2)c1. The number of hydrogen-bond donors (Lipinski definition) is 0. The molecule has 0 N–H and O–H groups in total. The van der Waals surface area contributed by atoms with Crippen LogP contribution in [0.5, 0.6) is 5.75 Å². The molecular formula is C14H15ClF3NO2. The van der Waals surface area contributed by atoms with Crippen LogP contribution in [0.3, 0.4) is 0 Å². The lowest BCUT2D eigenvalue weighted by Gasteiger charge is -2.42. The summed E-state index contributed by atoms with van der Waals surface area (Å²) in [6, 6.07) is 3.44. The van der Waals surface area contributed by atoms with Gasteiger partial charge in [-0.1, -0.05) is 0 Å². The molecule has 1 aliphatic rings. The van der Waals surface area contributed by atoms with Gasteiger partial charge in [-0.05, 0) is 17.7 Å². The van der Waals surface area contributed by atoms with E-state index in [1.807, 2.05) is 0 Å². The van der Waals surface area contributed by atoms with Gasteiger partial charge in [-0.15, -0.1) is 11.6 Å². The topological polar surface area (TPSA) is 29.5 Å². The third-order valence-corrected chi connectivity index (χ3v) is 3.69. The van der Waals surface area contributed by atoms with E-state index in [4.69, 9.17) is 16.3 Å². The maximum Gasteiger partial charge on any atom is 0.252 e. The van der Waals surface area contributed by atoms with E-state index in [0.29, 0.717) is 11.3 Å². The Hall–Kier alpha value is -1.43. The Morgan fingerprint density at radius 3 is 2.62 bits per heavy atom. The van der Waals surface area contributed by atoms with Gasteiger partial charge in [0.2, 0.25) is 5.91 Å². The van der Waals surface area contributed by atoms with Gasteiger partial charge in [-0.2, -0.15) is 0 Å². The lowest BCUT2D eigenvalue weighted by Crippen LogP contribution is -2.53. The van der Waals surface area contributed by atoms with Crippen molar-refractivity contribution in [3.63, 3.8) is 0 Å².